The van der Waals surface area contributed by atoms with E-state index in [0.717, 1.165) is 12.6 Å². The number of pyridine rings is 1. The van der Waals surface area contributed by atoms with Crippen LogP contribution in [0.1, 0.15) is 66.1 Å². The number of aromatic amines is 1. The van der Waals surface area contributed by atoms with Crippen LogP contribution < -0.4 is 11.3 Å². The van der Waals surface area contributed by atoms with Gasteiger partial charge < -0.3 is 25.1 Å². The Kier molecular flexibility index (Phi) is 10.0. The molecule has 3 N–H and O–H groups in total. The summed E-state index contributed by atoms with van der Waals surface area (Å²) < 4.78 is 1.48. The predicted octanol–water partition coefficient (Wildman–Crippen LogP) is 4.20. The van der Waals surface area contributed by atoms with E-state index in [1.54, 1.807) is 25.5 Å². The van der Waals surface area contributed by atoms with Crippen molar-refractivity contribution in [3.63, 3.8) is 0 Å². The van der Waals surface area contributed by atoms with Crippen molar-refractivity contribution in [3.05, 3.63) is 46.7 Å². The second kappa shape index (κ2) is 12.5. The lowest BCUT2D eigenvalue weighted by Gasteiger charge is -2.42. The summed E-state index contributed by atoms with van der Waals surface area (Å²) in [5, 5.41) is 0.713. The Morgan fingerprint density at radius 1 is 1.28 bits per heavy atom. The summed E-state index contributed by atoms with van der Waals surface area (Å²) in [7, 11) is 3.57. The molecule has 0 bridgehead atoms. The van der Waals surface area contributed by atoms with Crippen LogP contribution in [0.4, 0.5) is 0 Å². The molecule has 32 heavy (non-hydrogen) atoms. The van der Waals surface area contributed by atoms with E-state index in [1.165, 1.54) is 56.0 Å². The minimum atomic E-state index is -0.104. The average Bonchev–Trinajstić information content (AvgIpc) is 3.27. The Labute approximate surface area is 195 Å². The highest BCUT2D eigenvalue weighted by atomic mass is 16.2. The number of aromatic nitrogens is 2. The number of carbonyl (C=O) groups excluding carboxylic acids is 1. The second-order valence-corrected chi connectivity index (χ2v) is 8.50. The number of H-pyrrole nitrogens is 1. The summed E-state index contributed by atoms with van der Waals surface area (Å²) in [6.45, 7) is 8.99. The molecule has 2 fully saturated rings. The largest absolute Gasteiger partial charge is 0.405 e. The molecule has 1 aliphatic carbocycles. The van der Waals surface area contributed by atoms with Gasteiger partial charge in [0, 0.05) is 47.3 Å². The van der Waals surface area contributed by atoms with Gasteiger partial charge in [-0.1, -0.05) is 26.3 Å². The maximum atomic E-state index is 13.0. The molecule has 4 rings (SSSR count). The van der Waals surface area contributed by atoms with E-state index in [-0.39, 0.29) is 14.3 Å². The molecule has 1 aliphatic heterocycles. The number of hydrogen-bond donors (Lipinski definition) is 2. The lowest BCUT2D eigenvalue weighted by molar-refractivity contribution is 0.0634. The number of allylic oxidation sites excluding steroid dienone is 1. The number of likely N-dealkylation sites (tertiary alicyclic amines) is 1. The molecule has 0 aromatic carbocycles. The maximum Gasteiger partial charge on any atom is 0.274 e. The van der Waals surface area contributed by atoms with Crippen molar-refractivity contribution in [1.29, 1.82) is 0 Å². The number of hydrogen-bond acceptors (Lipinski definition) is 4. The van der Waals surface area contributed by atoms with Crippen LogP contribution in [0.25, 0.3) is 10.9 Å². The maximum absolute atomic E-state index is 13.0. The van der Waals surface area contributed by atoms with Gasteiger partial charge in [-0.15, -0.1) is 0 Å². The zero-order valence-electron chi connectivity index (χ0n) is 20.4. The van der Waals surface area contributed by atoms with Crippen LogP contribution >= 0.6 is 0 Å². The van der Waals surface area contributed by atoms with Crippen molar-refractivity contribution in [1.82, 2.24) is 19.4 Å². The Morgan fingerprint density at radius 3 is 2.44 bits per heavy atom. The van der Waals surface area contributed by atoms with Gasteiger partial charge in [0.1, 0.15) is 5.52 Å². The highest BCUT2D eigenvalue weighted by Crippen LogP contribution is 2.29. The van der Waals surface area contributed by atoms with Crippen molar-refractivity contribution in [2.45, 2.75) is 58.9 Å². The molecule has 7 nitrogen and oxygen atoms in total. The number of rotatable bonds is 4. The summed E-state index contributed by atoms with van der Waals surface area (Å²) >= 11 is 0. The van der Waals surface area contributed by atoms with Crippen LogP contribution in [0.15, 0.2) is 35.5 Å². The first kappa shape index (κ1) is 25.7. The number of aryl methyl sites for hydroxylation is 1. The Bertz CT molecular complexity index is 940. The van der Waals surface area contributed by atoms with Crippen LogP contribution in [-0.4, -0.2) is 58.0 Å². The smallest absolute Gasteiger partial charge is 0.274 e. The van der Waals surface area contributed by atoms with Crippen LogP contribution in [0.5, 0.6) is 0 Å². The molecule has 0 radical (unpaired) electrons. The van der Waals surface area contributed by atoms with Crippen LogP contribution in [-0.2, 0) is 7.05 Å². The first-order valence-corrected chi connectivity index (χ1v) is 11.9. The van der Waals surface area contributed by atoms with E-state index >= 15 is 0 Å². The molecule has 2 aromatic heterocycles. The topological polar surface area (TPSA) is 87.4 Å². The second-order valence-electron chi connectivity index (χ2n) is 8.50. The van der Waals surface area contributed by atoms with Gasteiger partial charge in [0.25, 0.3) is 11.5 Å². The molecule has 2 aliphatic rings. The Morgan fingerprint density at radius 2 is 1.91 bits per heavy atom. The number of nitrogens with zero attached hydrogens (tertiary/aromatic N) is 3. The van der Waals surface area contributed by atoms with E-state index in [4.69, 9.17) is 5.73 Å². The van der Waals surface area contributed by atoms with Gasteiger partial charge in [-0.2, -0.15) is 0 Å². The molecule has 3 heterocycles. The fraction of sp³-hybridized carbons (Fsp3) is 0.600. The minimum absolute atomic E-state index is 0. The SMILES string of the molecule is C/C=C\N.CC.CN(CC1CCN(C2CCC2)CC1)C(=O)c1cn(C)c(=O)c2[nH]ccc12.[HH].[HH]. The van der Waals surface area contributed by atoms with Crippen molar-refractivity contribution < 1.29 is 7.65 Å². The monoisotopic (exact) mass is 447 g/mol. The highest BCUT2D eigenvalue weighted by molar-refractivity contribution is 6.05. The zero-order valence-corrected chi connectivity index (χ0v) is 20.4. The van der Waals surface area contributed by atoms with Gasteiger partial charge in [-0.25, -0.2) is 0 Å². The van der Waals surface area contributed by atoms with Gasteiger partial charge >= 0.3 is 0 Å². The number of carbonyl (C=O) groups is 1. The molecule has 1 saturated carbocycles. The molecule has 1 amide bonds. The quantitative estimate of drug-likeness (QED) is 0.735. The van der Waals surface area contributed by atoms with Crippen molar-refractivity contribution in [3.8, 4) is 0 Å². The molecule has 0 unspecified atom stereocenters. The van der Waals surface area contributed by atoms with Crippen molar-refractivity contribution in [2.24, 2.45) is 18.7 Å². The summed E-state index contributed by atoms with van der Waals surface area (Å²) in [6, 6.07) is 2.64. The van der Waals surface area contributed by atoms with Crippen molar-refractivity contribution >= 4 is 16.8 Å². The van der Waals surface area contributed by atoms with Gasteiger partial charge in [0.15, 0.2) is 0 Å². The third-order valence-electron chi connectivity index (χ3n) is 6.44. The van der Waals surface area contributed by atoms with Crippen LogP contribution in [0, 0.1) is 5.92 Å². The summed E-state index contributed by atoms with van der Waals surface area (Å²) in [4.78, 5) is 32.6. The summed E-state index contributed by atoms with van der Waals surface area (Å²) in [5.41, 5.74) is 5.84. The van der Waals surface area contributed by atoms with E-state index in [9.17, 15) is 9.59 Å². The fourth-order valence-electron chi connectivity index (χ4n) is 4.37. The molecule has 0 spiro atoms. The number of amides is 1. The third-order valence-corrected chi connectivity index (χ3v) is 6.44. The molecular weight excluding hydrogens is 402 g/mol. The van der Waals surface area contributed by atoms with E-state index in [2.05, 4.69) is 9.88 Å². The number of piperidine rings is 1. The Hall–Kier alpha value is -2.54. The standard InChI is InChI=1S/C20H28N4O2.C3H7N.C2H6.2H2/c1-22(12-14-7-10-24(11-8-14)15-4-3-5-15)19(25)17-13-23(2)20(26)18-16(17)6-9-21-18;1-2-3-4;1-2;;/h6,9,13-15,21H,3-5,7-8,10-12H2,1-2H3;2-3H,4H2,1H3;1-2H3;2*1H/b;3-2-;;;. The third kappa shape index (κ3) is 6.03. The van der Waals surface area contributed by atoms with Gasteiger partial charge in [0.05, 0.1) is 5.56 Å². The predicted molar refractivity (Wildman–Crippen MR) is 137 cm³/mol. The lowest BCUT2D eigenvalue weighted by Crippen LogP contribution is -2.46. The lowest BCUT2D eigenvalue weighted by atomic mass is 9.87. The minimum Gasteiger partial charge on any atom is -0.405 e. The summed E-state index contributed by atoms with van der Waals surface area (Å²) in [5.74, 6) is 0.557. The summed E-state index contributed by atoms with van der Waals surface area (Å²) in [6.07, 6.45) is 13.1. The molecular formula is C25H45N5O2. The molecule has 0 atom stereocenters. The fourth-order valence-corrected chi connectivity index (χ4v) is 4.37. The molecule has 182 valence electrons. The molecule has 7 heteroatoms. The first-order valence-electron chi connectivity index (χ1n) is 11.9. The average molecular weight is 448 g/mol. The van der Waals surface area contributed by atoms with Crippen molar-refractivity contribution in [2.75, 3.05) is 26.7 Å². The number of nitrogens with two attached hydrogens (primary N) is 1. The van der Waals surface area contributed by atoms with E-state index < -0.39 is 0 Å². The van der Waals surface area contributed by atoms with Gasteiger partial charge in [-0.3, -0.25) is 9.59 Å². The molecule has 2 aromatic rings. The van der Waals surface area contributed by atoms with E-state index in [1.807, 2.05) is 38.8 Å². The van der Waals surface area contributed by atoms with E-state index in [0.29, 0.717) is 22.4 Å². The number of fused-ring (bicyclic) bond motifs is 1. The van der Waals surface area contributed by atoms with Crippen LogP contribution in [0.2, 0.25) is 0 Å². The number of nitrogens with one attached hydrogen (secondary N) is 1. The zero-order chi connectivity index (χ0) is 23.7. The normalized spacial score (nSPS) is 17.3. The van der Waals surface area contributed by atoms with Gasteiger partial charge in [0.2, 0.25) is 0 Å². The molecule has 1 saturated heterocycles. The Balaban J connectivity index is 0.00000124. The van der Waals surface area contributed by atoms with Crippen LogP contribution in [0.3, 0.4) is 0 Å². The van der Waals surface area contributed by atoms with Gasteiger partial charge in [-0.05, 0) is 63.9 Å². The highest BCUT2D eigenvalue weighted by Gasteiger charge is 2.29. The first-order chi connectivity index (χ1) is 15.5.